The van der Waals surface area contributed by atoms with E-state index < -0.39 is 0 Å². The highest BCUT2D eigenvalue weighted by molar-refractivity contribution is 7.13. The number of carbonyl (C=O) groups excluding carboxylic acids is 1. The van der Waals surface area contributed by atoms with Gasteiger partial charge in [0.2, 0.25) is 0 Å². The van der Waals surface area contributed by atoms with E-state index in [1.165, 1.54) is 11.3 Å². The van der Waals surface area contributed by atoms with Crippen LogP contribution in [0.15, 0.2) is 35.8 Å². The van der Waals surface area contributed by atoms with Crippen LogP contribution >= 0.6 is 11.3 Å². The van der Waals surface area contributed by atoms with Gasteiger partial charge in [-0.2, -0.15) is 0 Å². The van der Waals surface area contributed by atoms with Crippen LogP contribution in [0, 0.1) is 0 Å². The van der Waals surface area contributed by atoms with Crippen molar-refractivity contribution in [3.05, 3.63) is 35.8 Å². The fraction of sp³-hybridized carbons (Fsp3) is 0.375. The van der Waals surface area contributed by atoms with E-state index in [0.29, 0.717) is 18.3 Å². The normalized spacial score (nSPS) is 10.3. The Kier molecular flexibility index (Phi) is 6.21. The van der Waals surface area contributed by atoms with Crippen molar-refractivity contribution in [3.63, 3.8) is 0 Å². The molecule has 2 rings (SSSR count). The Morgan fingerprint density at radius 1 is 1.36 bits per heavy atom. The predicted molar refractivity (Wildman–Crippen MR) is 91.0 cm³/mol. The zero-order valence-electron chi connectivity index (χ0n) is 12.9. The molecule has 0 radical (unpaired) electrons. The van der Waals surface area contributed by atoms with Crippen molar-refractivity contribution in [1.82, 2.24) is 4.98 Å². The first kappa shape index (κ1) is 16.3. The van der Waals surface area contributed by atoms with Gasteiger partial charge in [0, 0.05) is 18.1 Å². The summed E-state index contributed by atoms with van der Waals surface area (Å²) in [6, 6.07) is 7.42. The Hall–Kier alpha value is -2.08. The lowest BCUT2D eigenvalue weighted by atomic mass is 10.2. The third-order valence-corrected chi connectivity index (χ3v) is 3.77. The van der Waals surface area contributed by atoms with Gasteiger partial charge < -0.3 is 4.74 Å². The van der Waals surface area contributed by atoms with Crippen molar-refractivity contribution in [2.45, 2.75) is 26.7 Å². The summed E-state index contributed by atoms with van der Waals surface area (Å²) in [6.07, 6.45) is 3.61. The molecule has 0 fully saturated rings. The van der Waals surface area contributed by atoms with Gasteiger partial charge in [-0.25, -0.2) is 9.78 Å². The van der Waals surface area contributed by atoms with E-state index in [4.69, 9.17) is 4.74 Å². The van der Waals surface area contributed by atoms with Crippen molar-refractivity contribution < 1.29 is 9.53 Å². The average molecular weight is 319 g/mol. The molecule has 0 aliphatic rings. The molecule has 1 heterocycles. The molecule has 2 aromatic rings. The Morgan fingerprint density at radius 3 is 2.86 bits per heavy atom. The summed E-state index contributed by atoms with van der Waals surface area (Å²) in [7, 11) is 0. The van der Waals surface area contributed by atoms with E-state index in [0.717, 1.165) is 24.3 Å². The van der Waals surface area contributed by atoms with Crippen molar-refractivity contribution in [3.8, 4) is 5.75 Å². The van der Waals surface area contributed by atoms with Crippen LogP contribution in [0.1, 0.15) is 26.7 Å². The third kappa shape index (κ3) is 4.21. The highest BCUT2D eigenvalue weighted by Gasteiger charge is 2.19. The number of urea groups is 1. The zero-order chi connectivity index (χ0) is 15.8. The van der Waals surface area contributed by atoms with Gasteiger partial charge in [0.1, 0.15) is 5.75 Å². The van der Waals surface area contributed by atoms with Gasteiger partial charge >= 0.3 is 6.03 Å². The monoisotopic (exact) mass is 319 g/mol. The largest absolute Gasteiger partial charge is 0.492 e. The summed E-state index contributed by atoms with van der Waals surface area (Å²) in [5.41, 5.74) is 0.784. The van der Waals surface area contributed by atoms with E-state index in [9.17, 15) is 4.79 Å². The first-order chi connectivity index (χ1) is 10.8. The Labute approximate surface area is 134 Å². The van der Waals surface area contributed by atoms with E-state index in [2.05, 4.69) is 17.2 Å². The number of hydrogen-bond donors (Lipinski definition) is 1. The van der Waals surface area contributed by atoms with Crippen LogP contribution in [-0.2, 0) is 0 Å². The molecule has 2 amide bonds. The van der Waals surface area contributed by atoms with Crippen LogP contribution in [-0.4, -0.2) is 24.2 Å². The minimum absolute atomic E-state index is 0.185. The van der Waals surface area contributed by atoms with Crippen molar-refractivity contribution in [2.75, 3.05) is 23.4 Å². The number of hydrogen-bond acceptors (Lipinski definition) is 4. The summed E-state index contributed by atoms with van der Waals surface area (Å²) < 4.78 is 5.65. The first-order valence-electron chi connectivity index (χ1n) is 7.46. The highest BCUT2D eigenvalue weighted by Crippen LogP contribution is 2.29. The molecule has 0 aliphatic carbocycles. The number of thiazole rings is 1. The maximum Gasteiger partial charge on any atom is 0.328 e. The fourth-order valence-electron chi connectivity index (χ4n) is 2.05. The lowest BCUT2D eigenvalue weighted by Gasteiger charge is -2.24. The number of para-hydroxylation sites is 2. The number of unbranched alkanes of at least 4 members (excludes halogenated alkanes) is 1. The summed E-state index contributed by atoms with van der Waals surface area (Å²) in [5.74, 6) is 0.718. The summed E-state index contributed by atoms with van der Waals surface area (Å²) in [4.78, 5) is 18.4. The lowest BCUT2D eigenvalue weighted by molar-refractivity contribution is 0.256. The lowest BCUT2D eigenvalue weighted by Crippen LogP contribution is -2.36. The van der Waals surface area contributed by atoms with Gasteiger partial charge in [-0.1, -0.05) is 25.5 Å². The molecule has 0 saturated heterocycles. The maximum absolute atomic E-state index is 12.6. The topological polar surface area (TPSA) is 54.5 Å². The van der Waals surface area contributed by atoms with Crippen molar-refractivity contribution >= 4 is 28.2 Å². The summed E-state index contributed by atoms with van der Waals surface area (Å²) in [6.45, 7) is 5.23. The SMILES string of the molecule is CCCCN(C(=O)Nc1nccs1)c1ccccc1OCC. The second kappa shape index (κ2) is 8.38. The number of ether oxygens (including phenoxy) is 1. The summed E-state index contributed by atoms with van der Waals surface area (Å²) in [5, 5.41) is 5.27. The van der Waals surface area contributed by atoms with Crippen LogP contribution in [0.5, 0.6) is 5.75 Å². The number of anilines is 2. The highest BCUT2D eigenvalue weighted by atomic mass is 32.1. The third-order valence-electron chi connectivity index (χ3n) is 3.08. The number of rotatable bonds is 7. The molecule has 22 heavy (non-hydrogen) atoms. The van der Waals surface area contributed by atoms with E-state index in [1.54, 1.807) is 11.1 Å². The first-order valence-corrected chi connectivity index (χ1v) is 8.34. The Bertz CT molecular complexity index is 587. The van der Waals surface area contributed by atoms with Crippen LogP contribution in [0.25, 0.3) is 0 Å². The molecule has 0 aliphatic heterocycles. The number of aromatic nitrogens is 1. The van der Waals surface area contributed by atoms with Gasteiger partial charge in [-0.3, -0.25) is 10.2 Å². The smallest absolute Gasteiger partial charge is 0.328 e. The zero-order valence-corrected chi connectivity index (χ0v) is 13.7. The van der Waals surface area contributed by atoms with Crippen LogP contribution < -0.4 is 15.0 Å². The van der Waals surface area contributed by atoms with Gasteiger partial charge in [0.25, 0.3) is 0 Å². The minimum atomic E-state index is -0.185. The standard InChI is InChI=1S/C16H21N3O2S/c1-3-5-11-19(16(20)18-15-17-10-12-22-15)13-8-6-7-9-14(13)21-4-2/h6-10,12H,3-5,11H2,1-2H3,(H,17,18,20). The number of amides is 2. The average Bonchev–Trinajstić information content (AvgIpc) is 3.02. The van der Waals surface area contributed by atoms with E-state index in [1.807, 2.05) is 36.6 Å². The van der Waals surface area contributed by atoms with Crippen LogP contribution in [0.4, 0.5) is 15.6 Å². The molecule has 0 atom stereocenters. The maximum atomic E-state index is 12.6. The molecule has 118 valence electrons. The van der Waals surface area contributed by atoms with Gasteiger partial charge in [-0.05, 0) is 25.5 Å². The fourth-order valence-corrected chi connectivity index (χ4v) is 2.57. The molecule has 0 bridgehead atoms. The predicted octanol–water partition coefficient (Wildman–Crippen LogP) is 4.38. The second-order valence-corrected chi connectivity index (χ2v) is 5.57. The molecule has 1 aromatic carbocycles. The summed E-state index contributed by atoms with van der Waals surface area (Å²) >= 11 is 1.40. The number of benzene rings is 1. The quantitative estimate of drug-likeness (QED) is 0.824. The second-order valence-electron chi connectivity index (χ2n) is 4.67. The molecule has 1 aromatic heterocycles. The molecule has 1 N–H and O–H groups in total. The number of nitrogens with one attached hydrogen (secondary N) is 1. The number of carbonyl (C=O) groups is 1. The molecule has 5 nitrogen and oxygen atoms in total. The van der Waals surface area contributed by atoms with Crippen LogP contribution in [0.3, 0.4) is 0 Å². The van der Waals surface area contributed by atoms with E-state index in [-0.39, 0.29) is 6.03 Å². The number of nitrogens with zero attached hydrogens (tertiary/aromatic N) is 2. The minimum Gasteiger partial charge on any atom is -0.492 e. The van der Waals surface area contributed by atoms with Gasteiger partial charge in [0.15, 0.2) is 5.13 Å². The Balaban J connectivity index is 2.23. The van der Waals surface area contributed by atoms with Gasteiger partial charge in [-0.15, -0.1) is 11.3 Å². The van der Waals surface area contributed by atoms with Crippen molar-refractivity contribution in [1.29, 1.82) is 0 Å². The van der Waals surface area contributed by atoms with Gasteiger partial charge in [0.05, 0.1) is 12.3 Å². The van der Waals surface area contributed by atoms with Crippen molar-refractivity contribution in [2.24, 2.45) is 0 Å². The molecular formula is C16H21N3O2S. The molecular weight excluding hydrogens is 298 g/mol. The molecule has 0 unspecified atom stereocenters. The Morgan fingerprint density at radius 2 is 2.18 bits per heavy atom. The van der Waals surface area contributed by atoms with Crippen LogP contribution in [0.2, 0.25) is 0 Å². The molecule has 6 heteroatoms. The molecule has 0 saturated carbocycles. The van der Waals surface area contributed by atoms with E-state index >= 15 is 0 Å². The molecule has 0 spiro atoms.